The van der Waals surface area contributed by atoms with Gasteiger partial charge in [-0.1, -0.05) is 23.8 Å². The maximum absolute atomic E-state index is 11.7. The molecule has 0 atom stereocenters. The van der Waals surface area contributed by atoms with Crippen LogP contribution in [0.25, 0.3) is 0 Å². The lowest BCUT2D eigenvalue weighted by Crippen LogP contribution is -2.43. The van der Waals surface area contributed by atoms with E-state index in [-0.39, 0.29) is 16.6 Å². The standard InChI is InChI=1S/C12H16ClN3OS/c1-12(2,3)16-11(17)15-9-5-4-7(10(14)18)6-8(9)13/h4-6H,1-3H3,(H2,14,18)(H2,15,16,17). The van der Waals surface area contributed by atoms with Gasteiger partial charge >= 0.3 is 6.03 Å². The number of carbonyl (C=O) groups is 1. The summed E-state index contributed by atoms with van der Waals surface area (Å²) in [6.07, 6.45) is 0. The Bertz CT molecular complexity index is 483. The first-order chi connectivity index (χ1) is 8.19. The summed E-state index contributed by atoms with van der Waals surface area (Å²) in [5, 5.41) is 5.83. The third kappa shape index (κ3) is 4.50. The number of benzene rings is 1. The van der Waals surface area contributed by atoms with E-state index in [1.807, 2.05) is 20.8 Å². The molecule has 1 aromatic rings. The third-order valence-corrected chi connectivity index (χ3v) is 2.54. The van der Waals surface area contributed by atoms with Gasteiger partial charge in [-0.25, -0.2) is 4.79 Å². The lowest BCUT2D eigenvalue weighted by Gasteiger charge is -2.21. The van der Waals surface area contributed by atoms with Crippen LogP contribution in [-0.2, 0) is 0 Å². The van der Waals surface area contributed by atoms with Crippen molar-refractivity contribution in [2.45, 2.75) is 26.3 Å². The van der Waals surface area contributed by atoms with E-state index in [1.165, 1.54) is 0 Å². The Morgan fingerprint density at radius 2 is 2.00 bits per heavy atom. The maximum Gasteiger partial charge on any atom is 0.319 e. The first kappa shape index (κ1) is 14.7. The fourth-order valence-electron chi connectivity index (χ4n) is 1.26. The number of nitrogens with one attached hydrogen (secondary N) is 2. The van der Waals surface area contributed by atoms with Crippen molar-refractivity contribution in [2.24, 2.45) is 5.73 Å². The molecule has 0 saturated carbocycles. The summed E-state index contributed by atoms with van der Waals surface area (Å²) in [6.45, 7) is 5.68. The molecule has 1 rings (SSSR count). The molecular formula is C12H16ClN3OS. The van der Waals surface area contributed by atoms with Gasteiger partial charge in [-0.15, -0.1) is 0 Å². The third-order valence-electron chi connectivity index (χ3n) is 1.99. The molecule has 0 heterocycles. The van der Waals surface area contributed by atoms with E-state index in [1.54, 1.807) is 18.2 Å². The van der Waals surface area contributed by atoms with Gasteiger partial charge in [0.05, 0.1) is 10.7 Å². The van der Waals surface area contributed by atoms with Crippen LogP contribution in [0.4, 0.5) is 10.5 Å². The van der Waals surface area contributed by atoms with E-state index >= 15 is 0 Å². The Balaban J connectivity index is 2.80. The van der Waals surface area contributed by atoms with E-state index in [0.717, 1.165) is 0 Å². The summed E-state index contributed by atoms with van der Waals surface area (Å²) in [5.41, 5.74) is 6.36. The summed E-state index contributed by atoms with van der Waals surface area (Å²) < 4.78 is 0. The fraction of sp³-hybridized carbons (Fsp3) is 0.333. The van der Waals surface area contributed by atoms with E-state index < -0.39 is 0 Å². The van der Waals surface area contributed by atoms with Crippen LogP contribution in [-0.4, -0.2) is 16.6 Å². The Kier molecular flexibility index (Phi) is 4.53. The Morgan fingerprint density at radius 1 is 1.39 bits per heavy atom. The van der Waals surface area contributed by atoms with Gasteiger partial charge in [0.1, 0.15) is 4.99 Å². The zero-order chi connectivity index (χ0) is 13.9. The minimum Gasteiger partial charge on any atom is -0.389 e. The first-order valence-corrected chi connectivity index (χ1v) is 6.16. The molecule has 0 aliphatic heterocycles. The zero-order valence-corrected chi connectivity index (χ0v) is 12.1. The van der Waals surface area contributed by atoms with Crippen molar-refractivity contribution in [1.82, 2.24) is 5.32 Å². The highest BCUT2D eigenvalue weighted by Gasteiger charge is 2.14. The molecule has 4 nitrogen and oxygen atoms in total. The predicted octanol–water partition coefficient (Wildman–Crippen LogP) is 2.89. The lowest BCUT2D eigenvalue weighted by atomic mass is 10.1. The van der Waals surface area contributed by atoms with Gasteiger partial charge in [-0.3, -0.25) is 0 Å². The van der Waals surface area contributed by atoms with Crippen LogP contribution >= 0.6 is 23.8 Å². The average Bonchev–Trinajstić information content (AvgIpc) is 2.17. The van der Waals surface area contributed by atoms with Crippen molar-refractivity contribution in [3.63, 3.8) is 0 Å². The number of nitrogens with two attached hydrogens (primary N) is 1. The summed E-state index contributed by atoms with van der Waals surface area (Å²) in [7, 11) is 0. The molecule has 0 saturated heterocycles. The molecule has 1 aromatic carbocycles. The molecule has 0 spiro atoms. The SMILES string of the molecule is CC(C)(C)NC(=O)Nc1ccc(C(N)=S)cc1Cl. The summed E-state index contributed by atoms with van der Waals surface area (Å²) in [6, 6.07) is 4.68. The molecule has 18 heavy (non-hydrogen) atoms. The van der Waals surface area contributed by atoms with Gasteiger partial charge in [0.15, 0.2) is 0 Å². The molecule has 0 aliphatic carbocycles. The van der Waals surface area contributed by atoms with E-state index in [4.69, 9.17) is 29.6 Å². The highest BCUT2D eigenvalue weighted by Crippen LogP contribution is 2.23. The second kappa shape index (κ2) is 5.54. The lowest BCUT2D eigenvalue weighted by molar-refractivity contribution is 0.244. The van der Waals surface area contributed by atoms with Crippen LogP contribution in [0.5, 0.6) is 0 Å². The second-order valence-electron chi connectivity index (χ2n) is 4.89. The van der Waals surface area contributed by atoms with Crippen molar-refractivity contribution in [3.05, 3.63) is 28.8 Å². The molecule has 0 aromatic heterocycles. The molecule has 4 N–H and O–H groups in total. The smallest absolute Gasteiger partial charge is 0.319 e. The normalized spacial score (nSPS) is 10.9. The first-order valence-electron chi connectivity index (χ1n) is 5.37. The minimum atomic E-state index is -0.313. The van der Waals surface area contributed by atoms with Gasteiger partial charge < -0.3 is 16.4 Å². The molecule has 0 fully saturated rings. The van der Waals surface area contributed by atoms with Crippen LogP contribution in [0.15, 0.2) is 18.2 Å². The maximum atomic E-state index is 11.7. The Hall–Kier alpha value is -1.33. The van der Waals surface area contributed by atoms with Crippen molar-refractivity contribution in [3.8, 4) is 0 Å². The molecule has 0 radical (unpaired) electrons. The Labute approximate surface area is 117 Å². The van der Waals surface area contributed by atoms with Gasteiger partial charge in [0, 0.05) is 11.1 Å². The molecule has 0 unspecified atom stereocenters. The van der Waals surface area contributed by atoms with Gasteiger partial charge in [-0.2, -0.15) is 0 Å². The molecule has 0 aliphatic rings. The van der Waals surface area contributed by atoms with Crippen molar-refractivity contribution in [2.75, 3.05) is 5.32 Å². The van der Waals surface area contributed by atoms with Crippen LogP contribution < -0.4 is 16.4 Å². The highest BCUT2D eigenvalue weighted by atomic mass is 35.5. The fourth-order valence-corrected chi connectivity index (χ4v) is 1.62. The largest absolute Gasteiger partial charge is 0.389 e. The van der Waals surface area contributed by atoms with Crippen molar-refractivity contribution >= 4 is 40.5 Å². The van der Waals surface area contributed by atoms with Gasteiger partial charge in [-0.05, 0) is 39.0 Å². The molecule has 6 heteroatoms. The molecule has 0 bridgehead atoms. The van der Waals surface area contributed by atoms with E-state index in [9.17, 15) is 4.79 Å². The van der Waals surface area contributed by atoms with Gasteiger partial charge in [0.2, 0.25) is 0 Å². The van der Waals surface area contributed by atoms with Crippen LogP contribution in [0.2, 0.25) is 5.02 Å². The summed E-state index contributed by atoms with van der Waals surface area (Å²) in [4.78, 5) is 11.9. The van der Waals surface area contributed by atoms with Crippen molar-refractivity contribution < 1.29 is 4.79 Å². The topological polar surface area (TPSA) is 67.2 Å². The molecule has 2 amide bonds. The van der Waals surface area contributed by atoms with Crippen LogP contribution in [0.3, 0.4) is 0 Å². The number of thiocarbonyl (C=S) groups is 1. The molecule has 98 valence electrons. The minimum absolute atomic E-state index is 0.266. The quantitative estimate of drug-likeness (QED) is 0.732. The number of hydrogen-bond donors (Lipinski definition) is 3. The van der Waals surface area contributed by atoms with Crippen molar-refractivity contribution in [1.29, 1.82) is 0 Å². The van der Waals surface area contributed by atoms with Crippen LogP contribution in [0, 0.1) is 0 Å². The zero-order valence-electron chi connectivity index (χ0n) is 10.5. The van der Waals surface area contributed by atoms with E-state index in [2.05, 4.69) is 10.6 Å². The number of anilines is 1. The van der Waals surface area contributed by atoms with E-state index in [0.29, 0.717) is 16.3 Å². The number of carbonyl (C=O) groups excluding carboxylic acids is 1. The predicted molar refractivity (Wildman–Crippen MR) is 79.2 cm³/mol. The highest BCUT2D eigenvalue weighted by molar-refractivity contribution is 7.80. The van der Waals surface area contributed by atoms with Crippen LogP contribution in [0.1, 0.15) is 26.3 Å². The number of amides is 2. The summed E-state index contributed by atoms with van der Waals surface area (Å²) >= 11 is 10.9. The number of urea groups is 1. The number of rotatable bonds is 2. The average molecular weight is 286 g/mol. The number of halogens is 1. The van der Waals surface area contributed by atoms with Gasteiger partial charge in [0.25, 0.3) is 0 Å². The second-order valence-corrected chi connectivity index (χ2v) is 5.74. The molecular weight excluding hydrogens is 270 g/mol. The number of hydrogen-bond acceptors (Lipinski definition) is 2. The summed E-state index contributed by atoms with van der Waals surface area (Å²) in [5.74, 6) is 0. The Morgan fingerprint density at radius 3 is 2.44 bits per heavy atom. The monoisotopic (exact) mass is 285 g/mol.